The van der Waals surface area contributed by atoms with Crippen molar-refractivity contribution in [3.63, 3.8) is 0 Å². The molecule has 5 N–H and O–H groups in total. The number of hydrogen-bond donors (Lipinski definition) is 3. The maximum atomic E-state index is 9.18. The van der Waals surface area contributed by atoms with Gasteiger partial charge >= 0.3 is 0 Å². The Hall–Kier alpha value is -1.62. The normalized spacial score (nSPS) is 5.82. The summed E-state index contributed by atoms with van der Waals surface area (Å²) in [4.78, 5) is 18.4. The minimum absolute atomic E-state index is 0.333. The van der Waals surface area contributed by atoms with Crippen LogP contribution in [0.25, 0.3) is 0 Å². The molecule has 0 aliphatic rings. The average molecular weight is 175 g/mol. The Balaban J connectivity index is 0. The Labute approximate surface area is 66.3 Å². The SMILES string of the molecule is N=C(N)N.O=C=NSN=C=O. The lowest BCUT2D eigenvalue weighted by Gasteiger charge is -1.69. The second-order valence-electron chi connectivity index (χ2n) is 0.902. The van der Waals surface area contributed by atoms with Crippen LogP contribution in [0.3, 0.4) is 0 Å². The number of nitrogens with two attached hydrogens (primary N) is 2. The maximum absolute atomic E-state index is 9.18. The zero-order chi connectivity index (χ0) is 9.11. The van der Waals surface area contributed by atoms with Gasteiger partial charge in [-0.1, -0.05) is 0 Å². The van der Waals surface area contributed by atoms with Crippen LogP contribution in [0.5, 0.6) is 0 Å². The van der Waals surface area contributed by atoms with Gasteiger partial charge in [0.1, 0.15) is 12.1 Å². The third-order valence-corrected chi connectivity index (χ3v) is 0.469. The molecule has 0 saturated carbocycles. The van der Waals surface area contributed by atoms with E-state index in [0.717, 1.165) is 0 Å². The van der Waals surface area contributed by atoms with Crippen LogP contribution in [0.2, 0.25) is 0 Å². The molecule has 0 saturated heterocycles. The van der Waals surface area contributed by atoms with E-state index in [2.05, 4.69) is 20.3 Å². The van der Waals surface area contributed by atoms with Crippen LogP contribution in [-0.4, -0.2) is 18.1 Å². The summed E-state index contributed by atoms with van der Waals surface area (Å²) >= 11 is 0.456. The summed E-state index contributed by atoms with van der Waals surface area (Å²) in [5.74, 6) is -0.333. The third-order valence-electron chi connectivity index (χ3n) is 0.156. The van der Waals surface area contributed by atoms with E-state index in [9.17, 15) is 9.59 Å². The van der Waals surface area contributed by atoms with Crippen molar-refractivity contribution in [2.24, 2.45) is 20.3 Å². The molecule has 0 spiro atoms. The van der Waals surface area contributed by atoms with E-state index in [0.29, 0.717) is 12.1 Å². The molecule has 0 heterocycles. The highest BCUT2D eigenvalue weighted by Crippen LogP contribution is 1.96. The van der Waals surface area contributed by atoms with Crippen molar-refractivity contribution in [1.29, 1.82) is 5.41 Å². The fourth-order valence-electron chi connectivity index (χ4n) is 0.0537. The number of nitrogens with one attached hydrogen (secondary N) is 1. The topological polar surface area (TPSA) is 135 Å². The van der Waals surface area contributed by atoms with Crippen LogP contribution in [0.15, 0.2) is 8.80 Å². The molecule has 0 aromatic carbocycles. The van der Waals surface area contributed by atoms with Gasteiger partial charge < -0.3 is 11.5 Å². The number of hydrogen-bond acceptors (Lipinski definition) is 6. The summed E-state index contributed by atoms with van der Waals surface area (Å²) in [7, 11) is 0. The first-order valence-electron chi connectivity index (χ1n) is 2.05. The van der Waals surface area contributed by atoms with Gasteiger partial charge in [-0.05, 0) is 0 Å². The van der Waals surface area contributed by atoms with Gasteiger partial charge in [0.15, 0.2) is 5.96 Å². The summed E-state index contributed by atoms with van der Waals surface area (Å²) in [6, 6.07) is 0. The minimum Gasteiger partial charge on any atom is -0.370 e. The lowest BCUT2D eigenvalue weighted by Crippen LogP contribution is -2.20. The first-order chi connectivity index (χ1) is 5.15. The third kappa shape index (κ3) is 60.2. The number of carbonyl (C=O) groups excluding carboxylic acids is 2. The van der Waals surface area contributed by atoms with Crippen molar-refractivity contribution < 1.29 is 9.59 Å². The predicted octanol–water partition coefficient (Wildman–Crippen LogP) is -0.940. The Morgan fingerprint density at radius 3 is 1.73 bits per heavy atom. The molecule has 0 aromatic rings. The molecule has 0 atom stereocenters. The van der Waals surface area contributed by atoms with Gasteiger partial charge in [0.25, 0.3) is 0 Å². The van der Waals surface area contributed by atoms with Crippen molar-refractivity contribution in [1.82, 2.24) is 0 Å². The Morgan fingerprint density at radius 1 is 1.27 bits per heavy atom. The molecule has 60 valence electrons. The molecule has 0 amide bonds. The summed E-state index contributed by atoms with van der Waals surface area (Å²) in [6.45, 7) is 0. The standard InChI is InChI=1S/C2N2O2S.CH5N3/c5-1-3-7-4-2-6;2-1(3)4/h;(H5,2,3,4). The number of rotatable bonds is 2. The van der Waals surface area contributed by atoms with Gasteiger partial charge in [-0.2, -0.15) is 0 Å². The van der Waals surface area contributed by atoms with Gasteiger partial charge in [-0.3, -0.25) is 5.41 Å². The quantitative estimate of drug-likeness (QED) is 0.215. The molecule has 0 aromatic heterocycles. The molecule has 11 heavy (non-hydrogen) atoms. The maximum Gasteiger partial charge on any atom is 0.249 e. The highest BCUT2D eigenvalue weighted by molar-refractivity contribution is 7.96. The van der Waals surface area contributed by atoms with Gasteiger partial charge in [-0.15, -0.1) is 8.80 Å². The summed E-state index contributed by atoms with van der Waals surface area (Å²) < 4.78 is 5.69. The average Bonchev–Trinajstić information content (AvgIpc) is 1.88. The van der Waals surface area contributed by atoms with Gasteiger partial charge in [0.05, 0.1) is 0 Å². The molecule has 0 rings (SSSR count). The van der Waals surface area contributed by atoms with Crippen molar-refractivity contribution in [3.8, 4) is 0 Å². The smallest absolute Gasteiger partial charge is 0.249 e. The van der Waals surface area contributed by atoms with Crippen LogP contribution in [-0.2, 0) is 9.59 Å². The van der Waals surface area contributed by atoms with E-state index in [1.165, 1.54) is 12.2 Å². The zero-order valence-electron chi connectivity index (χ0n) is 5.27. The van der Waals surface area contributed by atoms with E-state index in [1.807, 2.05) is 0 Å². The highest BCUT2D eigenvalue weighted by atomic mass is 32.2. The van der Waals surface area contributed by atoms with E-state index in [-0.39, 0.29) is 5.96 Å². The number of guanidine groups is 1. The number of isocyanates is 2. The highest BCUT2D eigenvalue weighted by Gasteiger charge is 1.66. The van der Waals surface area contributed by atoms with E-state index in [1.54, 1.807) is 0 Å². The molecule has 0 unspecified atom stereocenters. The molecule has 8 heteroatoms. The monoisotopic (exact) mass is 175 g/mol. The van der Waals surface area contributed by atoms with Crippen molar-refractivity contribution >= 4 is 30.3 Å². The van der Waals surface area contributed by atoms with Crippen LogP contribution in [0, 0.1) is 5.41 Å². The summed E-state index contributed by atoms with van der Waals surface area (Å²) in [5.41, 5.74) is 8.94. The van der Waals surface area contributed by atoms with Gasteiger partial charge in [0, 0.05) is 0 Å². The minimum atomic E-state index is -0.333. The summed E-state index contributed by atoms with van der Waals surface area (Å²) in [6.07, 6.45) is 2.34. The van der Waals surface area contributed by atoms with Crippen LogP contribution in [0.4, 0.5) is 0 Å². The second kappa shape index (κ2) is 11.2. The lowest BCUT2D eigenvalue weighted by atomic mass is 11.1. The van der Waals surface area contributed by atoms with E-state index < -0.39 is 0 Å². The Kier molecular flexibility index (Phi) is 12.3. The van der Waals surface area contributed by atoms with Crippen LogP contribution in [0.1, 0.15) is 0 Å². The van der Waals surface area contributed by atoms with Crippen LogP contribution >= 0.6 is 12.1 Å². The van der Waals surface area contributed by atoms with E-state index in [4.69, 9.17) is 5.41 Å². The predicted molar refractivity (Wildman–Crippen MR) is 39.9 cm³/mol. The molecule has 0 radical (unpaired) electrons. The molecular weight excluding hydrogens is 170 g/mol. The van der Waals surface area contributed by atoms with E-state index >= 15 is 0 Å². The molecule has 0 fully saturated rings. The van der Waals surface area contributed by atoms with Crippen molar-refractivity contribution in [2.45, 2.75) is 0 Å². The number of nitrogens with zero attached hydrogens (tertiary/aromatic N) is 2. The van der Waals surface area contributed by atoms with Crippen LogP contribution < -0.4 is 11.5 Å². The Morgan fingerprint density at radius 2 is 1.55 bits per heavy atom. The molecule has 0 bridgehead atoms. The summed E-state index contributed by atoms with van der Waals surface area (Å²) in [5, 5.41) is 6.06. The first kappa shape index (κ1) is 12.1. The van der Waals surface area contributed by atoms with Crippen molar-refractivity contribution in [2.75, 3.05) is 0 Å². The fourth-order valence-corrected chi connectivity index (χ4v) is 0.161. The van der Waals surface area contributed by atoms with Gasteiger partial charge in [-0.25, -0.2) is 9.59 Å². The lowest BCUT2D eigenvalue weighted by molar-refractivity contribution is 0.566. The molecular formula is C3H5N5O2S. The molecule has 0 aliphatic heterocycles. The second-order valence-corrected chi connectivity index (χ2v) is 1.43. The molecule has 7 nitrogen and oxygen atoms in total. The van der Waals surface area contributed by atoms with Crippen molar-refractivity contribution in [3.05, 3.63) is 0 Å². The molecule has 0 aliphatic carbocycles. The zero-order valence-corrected chi connectivity index (χ0v) is 6.09. The fraction of sp³-hybridized carbons (Fsp3) is 0. The Bertz CT molecular complexity index is 184. The first-order valence-corrected chi connectivity index (χ1v) is 2.78. The van der Waals surface area contributed by atoms with Gasteiger partial charge in [0.2, 0.25) is 12.2 Å². The largest absolute Gasteiger partial charge is 0.370 e.